The molecule has 0 spiro atoms. The highest BCUT2D eigenvalue weighted by Crippen LogP contribution is 2.12. The highest BCUT2D eigenvalue weighted by Gasteiger charge is 2.25. The van der Waals surface area contributed by atoms with Crippen molar-refractivity contribution in [3.63, 3.8) is 0 Å². The Labute approximate surface area is 86.4 Å². The van der Waals surface area contributed by atoms with Gasteiger partial charge in [0.15, 0.2) is 0 Å². The Balaban J connectivity index is 2.11. The molecule has 0 aliphatic carbocycles. The summed E-state index contributed by atoms with van der Waals surface area (Å²) in [6, 6.07) is 2.55. The van der Waals surface area contributed by atoms with Gasteiger partial charge in [-0.05, 0) is 18.6 Å². The topological polar surface area (TPSA) is 53.4 Å². The third kappa shape index (κ3) is 2.12. The van der Waals surface area contributed by atoms with E-state index >= 15 is 0 Å². The highest BCUT2D eigenvalue weighted by molar-refractivity contribution is 5.92. The average Bonchev–Trinajstić information content (AvgIpc) is 2.65. The molecule has 1 aromatic heterocycles. The lowest BCUT2D eigenvalue weighted by atomic mass is 10.3. The second kappa shape index (κ2) is 3.94. The summed E-state index contributed by atoms with van der Waals surface area (Å²) in [6.45, 7) is 0.858. The molecule has 0 aromatic carbocycles. The number of pyridine rings is 1. The Hall–Kier alpha value is -1.49. The van der Waals surface area contributed by atoms with Crippen molar-refractivity contribution in [1.29, 1.82) is 0 Å². The van der Waals surface area contributed by atoms with Crippen LogP contribution in [0.2, 0.25) is 0 Å². The molecule has 1 fully saturated rings. The fraction of sp³-hybridized carbons (Fsp3) is 0.400. The van der Waals surface area contributed by atoms with Gasteiger partial charge in [-0.25, -0.2) is 9.37 Å². The van der Waals surface area contributed by atoms with Crippen LogP contribution in [0.5, 0.6) is 0 Å². The molecule has 2 heterocycles. The van der Waals surface area contributed by atoms with Gasteiger partial charge >= 0.3 is 0 Å². The number of hydrogen-bond donors (Lipinski definition) is 1. The van der Waals surface area contributed by atoms with Gasteiger partial charge in [0.05, 0.1) is 12.3 Å². The SMILES string of the molecule is O=C(c1ccc(F)cn1)N1CC[C@H](O)C1. The number of carbonyl (C=O) groups is 1. The number of aromatic nitrogens is 1. The Kier molecular flexibility index (Phi) is 2.64. The first-order valence-corrected chi connectivity index (χ1v) is 4.76. The molecular weight excluding hydrogens is 199 g/mol. The van der Waals surface area contributed by atoms with Crippen LogP contribution < -0.4 is 0 Å². The first-order chi connectivity index (χ1) is 7.16. The average molecular weight is 210 g/mol. The van der Waals surface area contributed by atoms with Gasteiger partial charge in [0.1, 0.15) is 11.5 Å². The van der Waals surface area contributed by atoms with Gasteiger partial charge in [0.25, 0.3) is 5.91 Å². The van der Waals surface area contributed by atoms with E-state index in [9.17, 15) is 14.3 Å². The number of hydrogen-bond acceptors (Lipinski definition) is 3. The molecule has 0 radical (unpaired) electrons. The fourth-order valence-corrected chi connectivity index (χ4v) is 1.59. The van der Waals surface area contributed by atoms with Crippen molar-refractivity contribution in [2.75, 3.05) is 13.1 Å². The Morgan fingerprint density at radius 2 is 2.40 bits per heavy atom. The first-order valence-electron chi connectivity index (χ1n) is 4.76. The van der Waals surface area contributed by atoms with Crippen LogP contribution in [0.3, 0.4) is 0 Å². The maximum absolute atomic E-state index is 12.6. The van der Waals surface area contributed by atoms with Gasteiger partial charge in [0.2, 0.25) is 0 Å². The van der Waals surface area contributed by atoms with Crippen molar-refractivity contribution in [3.8, 4) is 0 Å². The minimum atomic E-state index is -0.465. The van der Waals surface area contributed by atoms with Gasteiger partial charge < -0.3 is 10.0 Å². The molecule has 1 aliphatic heterocycles. The maximum atomic E-state index is 12.6. The normalized spacial score (nSPS) is 20.7. The molecule has 5 heteroatoms. The van der Waals surface area contributed by atoms with Crippen molar-refractivity contribution >= 4 is 5.91 Å². The molecular formula is C10H11FN2O2. The molecule has 1 saturated heterocycles. The van der Waals surface area contributed by atoms with E-state index in [0.717, 1.165) is 6.20 Å². The van der Waals surface area contributed by atoms with E-state index in [1.165, 1.54) is 17.0 Å². The second-order valence-corrected chi connectivity index (χ2v) is 3.56. The summed E-state index contributed by atoms with van der Waals surface area (Å²) in [5.74, 6) is -0.723. The summed E-state index contributed by atoms with van der Waals surface area (Å²) < 4.78 is 12.6. The van der Waals surface area contributed by atoms with E-state index in [-0.39, 0.29) is 11.6 Å². The minimum absolute atomic E-state index is 0.213. The van der Waals surface area contributed by atoms with E-state index in [1.54, 1.807) is 0 Å². The molecule has 2 rings (SSSR count). The van der Waals surface area contributed by atoms with Crippen molar-refractivity contribution in [1.82, 2.24) is 9.88 Å². The van der Waals surface area contributed by atoms with E-state index in [4.69, 9.17) is 0 Å². The lowest BCUT2D eigenvalue weighted by Gasteiger charge is -2.14. The predicted molar refractivity (Wildman–Crippen MR) is 50.7 cm³/mol. The van der Waals surface area contributed by atoms with Gasteiger partial charge in [0, 0.05) is 13.1 Å². The third-order valence-corrected chi connectivity index (χ3v) is 2.40. The second-order valence-electron chi connectivity index (χ2n) is 3.56. The van der Waals surface area contributed by atoms with E-state index in [2.05, 4.69) is 4.98 Å². The maximum Gasteiger partial charge on any atom is 0.272 e. The van der Waals surface area contributed by atoms with E-state index in [1.807, 2.05) is 0 Å². The largest absolute Gasteiger partial charge is 0.391 e. The quantitative estimate of drug-likeness (QED) is 0.731. The van der Waals surface area contributed by atoms with Crippen LogP contribution in [0, 0.1) is 5.82 Å². The van der Waals surface area contributed by atoms with Crippen molar-refractivity contribution < 1.29 is 14.3 Å². The summed E-state index contributed by atoms with van der Waals surface area (Å²) in [4.78, 5) is 17.0. The zero-order chi connectivity index (χ0) is 10.8. The zero-order valence-corrected chi connectivity index (χ0v) is 8.06. The standard InChI is InChI=1S/C10H11FN2O2/c11-7-1-2-9(12-5-7)10(15)13-4-3-8(14)6-13/h1-2,5,8,14H,3-4,6H2/t8-/m0/s1. The van der Waals surface area contributed by atoms with Crippen LogP contribution in [-0.4, -0.2) is 40.1 Å². The number of β-amino-alcohol motifs (C(OH)–C–C–N with tert-alkyl or cyclic N) is 1. The summed E-state index contributed by atoms with van der Waals surface area (Å²) in [7, 11) is 0. The number of rotatable bonds is 1. The molecule has 0 bridgehead atoms. The lowest BCUT2D eigenvalue weighted by molar-refractivity contribution is 0.0759. The molecule has 0 saturated carbocycles. The van der Waals surface area contributed by atoms with Crippen LogP contribution in [0.1, 0.15) is 16.9 Å². The van der Waals surface area contributed by atoms with Crippen molar-refractivity contribution in [3.05, 3.63) is 29.8 Å². The van der Waals surface area contributed by atoms with Crippen molar-refractivity contribution in [2.24, 2.45) is 0 Å². The fourth-order valence-electron chi connectivity index (χ4n) is 1.59. The summed E-state index contributed by atoms with van der Waals surface area (Å²) in [5.41, 5.74) is 0.213. The summed E-state index contributed by atoms with van der Waals surface area (Å²) >= 11 is 0. The molecule has 1 atom stereocenters. The Morgan fingerprint density at radius 3 is 2.93 bits per heavy atom. The van der Waals surface area contributed by atoms with Crippen LogP contribution in [0.25, 0.3) is 0 Å². The smallest absolute Gasteiger partial charge is 0.272 e. The third-order valence-electron chi connectivity index (χ3n) is 2.40. The first kappa shape index (κ1) is 10.0. The molecule has 1 N–H and O–H groups in total. The van der Waals surface area contributed by atoms with Gasteiger partial charge in [-0.2, -0.15) is 0 Å². The number of aliphatic hydroxyl groups excluding tert-OH is 1. The molecule has 1 aromatic rings. The number of carbonyl (C=O) groups excluding carboxylic acids is 1. The number of amides is 1. The van der Waals surface area contributed by atoms with E-state index in [0.29, 0.717) is 19.5 Å². The van der Waals surface area contributed by atoms with E-state index < -0.39 is 11.9 Å². The summed E-state index contributed by atoms with van der Waals surface area (Å²) in [6.07, 6.45) is 1.15. The molecule has 0 unspecified atom stereocenters. The molecule has 4 nitrogen and oxygen atoms in total. The van der Waals surface area contributed by atoms with Crippen LogP contribution >= 0.6 is 0 Å². The predicted octanol–water partition coefficient (Wildman–Crippen LogP) is 0.428. The monoisotopic (exact) mass is 210 g/mol. The number of aliphatic hydroxyl groups is 1. The van der Waals surface area contributed by atoms with Crippen LogP contribution in [-0.2, 0) is 0 Å². The lowest BCUT2D eigenvalue weighted by Crippen LogP contribution is -2.30. The highest BCUT2D eigenvalue weighted by atomic mass is 19.1. The Morgan fingerprint density at radius 1 is 1.60 bits per heavy atom. The van der Waals surface area contributed by atoms with Crippen molar-refractivity contribution in [2.45, 2.75) is 12.5 Å². The molecule has 80 valence electrons. The summed E-state index contributed by atoms with van der Waals surface area (Å²) in [5, 5.41) is 9.27. The molecule has 1 amide bonds. The number of nitrogens with zero attached hydrogens (tertiary/aromatic N) is 2. The van der Waals surface area contributed by atoms with Gasteiger partial charge in [-0.1, -0.05) is 0 Å². The molecule has 1 aliphatic rings. The number of likely N-dealkylation sites (tertiary alicyclic amines) is 1. The van der Waals surface area contributed by atoms with Gasteiger partial charge in [-0.3, -0.25) is 4.79 Å². The van der Waals surface area contributed by atoms with Crippen LogP contribution in [0.15, 0.2) is 18.3 Å². The molecule has 15 heavy (non-hydrogen) atoms. The minimum Gasteiger partial charge on any atom is -0.391 e. The van der Waals surface area contributed by atoms with Gasteiger partial charge in [-0.15, -0.1) is 0 Å². The Bertz CT molecular complexity index is 366. The number of halogens is 1. The van der Waals surface area contributed by atoms with Crippen LogP contribution in [0.4, 0.5) is 4.39 Å². The zero-order valence-electron chi connectivity index (χ0n) is 8.06.